The third-order valence-electron chi connectivity index (χ3n) is 2.39. The minimum absolute atomic E-state index is 0.287. The van der Waals surface area contributed by atoms with Gasteiger partial charge in [0.1, 0.15) is 0 Å². The molecule has 0 spiro atoms. The molecule has 4 N–H and O–H groups in total. The van der Waals surface area contributed by atoms with Crippen molar-refractivity contribution in [1.82, 2.24) is 10.6 Å². The van der Waals surface area contributed by atoms with Gasteiger partial charge in [-0.15, -0.1) is 0 Å². The van der Waals surface area contributed by atoms with Crippen molar-refractivity contribution in [3.05, 3.63) is 0 Å². The Morgan fingerprint density at radius 1 is 1.43 bits per heavy atom. The summed E-state index contributed by atoms with van der Waals surface area (Å²) in [6.07, 6.45) is 4.68. The molecule has 1 aliphatic rings. The number of primary amides is 1. The van der Waals surface area contributed by atoms with Crippen LogP contribution in [0.3, 0.4) is 0 Å². The number of carbonyl (C=O) groups is 2. The molecule has 5 heteroatoms. The average Bonchev–Trinajstić information content (AvgIpc) is 2.15. The fraction of sp³-hybridized carbons (Fsp3) is 0.778. The molecule has 0 aromatic carbocycles. The number of urea groups is 1. The molecular formula is C9H17N3O2. The summed E-state index contributed by atoms with van der Waals surface area (Å²) in [5, 5.41) is 5.39. The van der Waals surface area contributed by atoms with Crippen molar-refractivity contribution < 1.29 is 9.59 Å². The van der Waals surface area contributed by atoms with Gasteiger partial charge in [-0.25, -0.2) is 4.79 Å². The maximum atomic E-state index is 11.1. The molecule has 0 bridgehead atoms. The topological polar surface area (TPSA) is 84.2 Å². The van der Waals surface area contributed by atoms with Gasteiger partial charge in [-0.1, -0.05) is 6.42 Å². The molecule has 0 aliphatic carbocycles. The molecule has 0 aromatic heterocycles. The SMILES string of the molecule is NC(=O)NC(=O)CCC1CCCCN1. The Labute approximate surface area is 83.4 Å². The Morgan fingerprint density at radius 2 is 2.21 bits per heavy atom. The van der Waals surface area contributed by atoms with E-state index in [1.165, 1.54) is 12.8 Å². The van der Waals surface area contributed by atoms with Gasteiger partial charge in [-0.3, -0.25) is 10.1 Å². The highest BCUT2D eigenvalue weighted by Gasteiger charge is 2.14. The first-order chi connectivity index (χ1) is 6.68. The van der Waals surface area contributed by atoms with Crippen LogP contribution in [0.15, 0.2) is 0 Å². The van der Waals surface area contributed by atoms with E-state index in [1.54, 1.807) is 0 Å². The first-order valence-electron chi connectivity index (χ1n) is 5.01. The number of nitrogens with two attached hydrogens (primary N) is 1. The maximum Gasteiger partial charge on any atom is 0.318 e. The van der Waals surface area contributed by atoms with Crippen LogP contribution in [0.25, 0.3) is 0 Å². The Bertz CT molecular complexity index is 212. The number of carbonyl (C=O) groups excluding carboxylic acids is 2. The van der Waals surface area contributed by atoms with Crippen LogP contribution in [0.1, 0.15) is 32.1 Å². The van der Waals surface area contributed by atoms with E-state index < -0.39 is 6.03 Å². The fourth-order valence-corrected chi connectivity index (χ4v) is 1.68. The van der Waals surface area contributed by atoms with Gasteiger partial charge in [0.05, 0.1) is 0 Å². The van der Waals surface area contributed by atoms with Crippen molar-refractivity contribution in [2.75, 3.05) is 6.54 Å². The van der Waals surface area contributed by atoms with E-state index in [1.807, 2.05) is 0 Å². The monoisotopic (exact) mass is 199 g/mol. The van der Waals surface area contributed by atoms with E-state index in [-0.39, 0.29) is 5.91 Å². The minimum atomic E-state index is -0.772. The third-order valence-corrected chi connectivity index (χ3v) is 2.39. The molecule has 1 saturated heterocycles. The number of nitrogens with one attached hydrogen (secondary N) is 2. The van der Waals surface area contributed by atoms with Crippen molar-refractivity contribution in [3.63, 3.8) is 0 Å². The molecule has 0 radical (unpaired) electrons. The van der Waals surface area contributed by atoms with Crippen molar-refractivity contribution in [2.24, 2.45) is 5.73 Å². The lowest BCUT2D eigenvalue weighted by Gasteiger charge is -2.22. The quantitative estimate of drug-likeness (QED) is 0.603. The Hall–Kier alpha value is -1.10. The molecule has 1 fully saturated rings. The number of imide groups is 1. The van der Waals surface area contributed by atoms with E-state index in [9.17, 15) is 9.59 Å². The standard InChI is InChI=1S/C9H17N3O2/c10-9(14)12-8(13)5-4-7-3-1-2-6-11-7/h7,11H,1-6H2,(H3,10,12,13,14). The summed E-state index contributed by atoms with van der Waals surface area (Å²) in [6.45, 7) is 1.03. The molecule has 1 heterocycles. The number of piperidine rings is 1. The summed E-state index contributed by atoms with van der Waals surface area (Å²) in [5.74, 6) is -0.287. The highest BCUT2D eigenvalue weighted by atomic mass is 16.2. The van der Waals surface area contributed by atoms with Gasteiger partial charge in [-0.05, 0) is 25.8 Å². The van der Waals surface area contributed by atoms with Crippen molar-refractivity contribution in [1.29, 1.82) is 0 Å². The van der Waals surface area contributed by atoms with Gasteiger partial charge in [0.25, 0.3) is 0 Å². The molecule has 14 heavy (non-hydrogen) atoms. The number of hydrogen-bond acceptors (Lipinski definition) is 3. The molecule has 0 aromatic rings. The largest absolute Gasteiger partial charge is 0.351 e. The Balaban J connectivity index is 2.12. The fourth-order valence-electron chi connectivity index (χ4n) is 1.68. The second-order valence-corrected chi connectivity index (χ2v) is 3.60. The maximum absolute atomic E-state index is 11.1. The summed E-state index contributed by atoms with van der Waals surface area (Å²) >= 11 is 0. The van der Waals surface area contributed by atoms with Crippen LogP contribution < -0.4 is 16.4 Å². The van der Waals surface area contributed by atoms with E-state index in [0.717, 1.165) is 19.4 Å². The lowest BCUT2D eigenvalue weighted by molar-refractivity contribution is -0.120. The van der Waals surface area contributed by atoms with Gasteiger partial charge in [0.2, 0.25) is 5.91 Å². The summed E-state index contributed by atoms with van der Waals surface area (Å²) < 4.78 is 0. The molecule has 1 atom stereocenters. The van der Waals surface area contributed by atoms with Gasteiger partial charge < -0.3 is 11.1 Å². The van der Waals surface area contributed by atoms with Crippen molar-refractivity contribution in [2.45, 2.75) is 38.1 Å². The molecule has 1 rings (SSSR count). The Morgan fingerprint density at radius 3 is 2.79 bits per heavy atom. The molecule has 80 valence electrons. The van der Waals surface area contributed by atoms with Gasteiger partial charge in [0, 0.05) is 12.5 Å². The second-order valence-electron chi connectivity index (χ2n) is 3.60. The highest BCUT2D eigenvalue weighted by molar-refractivity contribution is 5.93. The van der Waals surface area contributed by atoms with Gasteiger partial charge in [-0.2, -0.15) is 0 Å². The van der Waals surface area contributed by atoms with Crippen LogP contribution >= 0.6 is 0 Å². The summed E-state index contributed by atoms with van der Waals surface area (Å²) in [5.41, 5.74) is 4.82. The first kappa shape index (κ1) is 11.0. The van der Waals surface area contributed by atoms with E-state index >= 15 is 0 Å². The number of amides is 3. The van der Waals surface area contributed by atoms with Crippen LogP contribution in [0.5, 0.6) is 0 Å². The second kappa shape index (κ2) is 5.59. The number of rotatable bonds is 3. The van der Waals surface area contributed by atoms with Crippen LogP contribution in [0, 0.1) is 0 Å². The molecule has 1 aliphatic heterocycles. The molecule has 5 nitrogen and oxygen atoms in total. The van der Waals surface area contributed by atoms with Crippen molar-refractivity contribution in [3.8, 4) is 0 Å². The molecule has 3 amide bonds. The number of hydrogen-bond donors (Lipinski definition) is 3. The van der Waals surface area contributed by atoms with E-state index in [4.69, 9.17) is 5.73 Å². The summed E-state index contributed by atoms with van der Waals surface area (Å²) in [7, 11) is 0. The average molecular weight is 199 g/mol. The predicted molar refractivity (Wildman–Crippen MR) is 52.6 cm³/mol. The van der Waals surface area contributed by atoms with Crippen LogP contribution in [0.2, 0.25) is 0 Å². The first-order valence-corrected chi connectivity index (χ1v) is 5.01. The minimum Gasteiger partial charge on any atom is -0.351 e. The Kier molecular flexibility index (Phi) is 4.39. The lowest BCUT2D eigenvalue weighted by atomic mass is 10.0. The zero-order chi connectivity index (χ0) is 10.4. The predicted octanol–water partition coefficient (Wildman–Crippen LogP) is 0.104. The molecule has 0 saturated carbocycles. The lowest BCUT2D eigenvalue weighted by Crippen LogP contribution is -2.38. The van der Waals surface area contributed by atoms with Crippen LogP contribution in [-0.4, -0.2) is 24.5 Å². The van der Waals surface area contributed by atoms with Crippen LogP contribution in [0.4, 0.5) is 4.79 Å². The van der Waals surface area contributed by atoms with E-state index in [0.29, 0.717) is 12.5 Å². The van der Waals surface area contributed by atoms with Crippen molar-refractivity contribution >= 4 is 11.9 Å². The smallest absolute Gasteiger partial charge is 0.318 e. The normalized spacial score (nSPS) is 21.6. The van der Waals surface area contributed by atoms with Crippen LogP contribution in [-0.2, 0) is 4.79 Å². The zero-order valence-electron chi connectivity index (χ0n) is 8.21. The van der Waals surface area contributed by atoms with Gasteiger partial charge in [0.15, 0.2) is 0 Å². The summed E-state index contributed by atoms with van der Waals surface area (Å²) in [4.78, 5) is 21.4. The third kappa shape index (κ3) is 4.23. The molecule has 1 unspecified atom stereocenters. The highest BCUT2D eigenvalue weighted by Crippen LogP contribution is 2.11. The van der Waals surface area contributed by atoms with Gasteiger partial charge >= 0.3 is 6.03 Å². The zero-order valence-corrected chi connectivity index (χ0v) is 8.21. The molecular weight excluding hydrogens is 182 g/mol. The summed E-state index contributed by atoms with van der Waals surface area (Å²) in [6, 6.07) is -0.353. The van der Waals surface area contributed by atoms with E-state index in [2.05, 4.69) is 10.6 Å².